The molecule has 0 saturated carbocycles. The number of nitro benzene ring substituents is 1. The fourth-order valence-corrected chi connectivity index (χ4v) is 3.53. The van der Waals surface area contributed by atoms with Crippen LogP contribution in [-0.2, 0) is 6.54 Å². The van der Waals surface area contributed by atoms with Crippen LogP contribution in [0.4, 0.5) is 11.4 Å². The Morgan fingerprint density at radius 1 is 1.12 bits per heavy atom. The number of nitrogens with one attached hydrogen (secondary N) is 1. The van der Waals surface area contributed by atoms with Crippen LogP contribution in [0.1, 0.15) is 5.01 Å². The van der Waals surface area contributed by atoms with Crippen molar-refractivity contribution < 1.29 is 4.92 Å². The Kier molecular flexibility index (Phi) is 3.55. The number of nitro groups is 1. The van der Waals surface area contributed by atoms with Gasteiger partial charge in [0, 0.05) is 12.3 Å². The zero-order chi connectivity index (χ0) is 16.5. The standard InChI is InChI=1S/C17H12N4O2S/c22-21(23)14-8-7-13(17-11(14)4-3-9-18-17)19-10-16-20-12-5-1-2-6-15(12)24-16/h1-9,19H,10H2. The summed E-state index contributed by atoms with van der Waals surface area (Å²) in [4.78, 5) is 19.6. The van der Waals surface area contributed by atoms with E-state index in [0.717, 1.165) is 20.9 Å². The first-order valence-corrected chi connectivity index (χ1v) is 8.14. The molecule has 0 aliphatic rings. The van der Waals surface area contributed by atoms with Gasteiger partial charge in [-0.15, -0.1) is 11.3 Å². The smallest absolute Gasteiger partial charge is 0.278 e. The zero-order valence-corrected chi connectivity index (χ0v) is 13.3. The lowest BCUT2D eigenvalue weighted by Gasteiger charge is -2.08. The highest BCUT2D eigenvalue weighted by Gasteiger charge is 2.15. The normalized spacial score (nSPS) is 11.0. The van der Waals surface area contributed by atoms with Crippen molar-refractivity contribution in [2.75, 3.05) is 5.32 Å². The third-order valence-corrected chi connectivity index (χ3v) is 4.75. The van der Waals surface area contributed by atoms with E-state index in [1.807, 2.05) is 24.3 Å². The van der Waals surface area contributed by atoms with E-state index < -0.39 is 0 Å². The molecule has 4 rings (SSSR count). The number of thiazole rings is 1. The Labute approximate surface area is 140 Å². The molecule has 0 aliphatic heterocycles. The summed E-state index contributed by atoms with van der Waals surface area (Å²) in [6.07, 6.45) is 1.63. The lowest BCUT2D eigenvalue weighted by Crippen LogP contribution is -2.01. The van der Waals surface area contributed by atoms with Crippen LogP contribution in [0.3, 0.4) is 0 Å². The number of non-ortho nitro benzene ring substituents is 1. The molecule has 0 amide bonds. The van der Waals surface area contributed by atoms with Crippen molar-refractivity contribution >= 4 is 43.8 Å². The molecule has 2 aromatic heterocycles. The monoisotopic (exact) mass is 336 g/mol. The minimum absolute atomic E-state index is 0.0589. The molecule has 0 radical (unpaired) electrons. The van der Waals surface area contributed by atoms with E-state index in [1.165, 1.54) is 6.07 Å². The predicted molar refractivity (Wildman–Crippen MR) is 95.3 cm³/mol. The van der Waals surface area contributed by atoms with Crippen molar-refractivity contribution in [2.45, 2.75) is 6.54 Å². The van der Waals surface area contributed by atoms with E-state index in [0.29, 0.717) is 17.4 Å². The lowest BCUT2D eigenvalue weighted by molar-refractivity contribution is -0.383. The Morgan fingerprint density at radius 3 is 2.83 bits per heavy atom. The Morgan fingerprint density at radius 2 is 2.00 bits per heavy atom. The Bertz CT molecular complexity index is 1030. The Balaban J connectivity index is 1.67. The van der Waals surface area contributed by atoms with Crippen LogP contribution in [0.5, 0.6) is 0 Å². The fourth-order valence-electron chi connectivity index (χ4n) is 2.63. The second-order valence-corrected chi connectivity index (χ2v) is 6.33. The molecule has 2 aromatic carbocycles. The van der Waals surface area contributed by atoms with Gasteiger partial charge < -0.3 is 5.32 Å². The van der Waals surface area contributed by atoms with Crippen LogP contribution < -0.4 is 5.32 Å². The zero-order valence-electron chi connectivity index (χ0n) is 12.5. The van der Waals surface area contributed by atoms with Crippen LogP contribution in [0.15, 0.2) is 54.7 Å². The molecule has 0 fully saturated rings. The average Bonchev–Trinajstić information content (AvgIpc) is 3.02. The quantitative estimate of drug-likeness (QED) is 0.442. The Hall–Kier alpha value is -3.06. The lowest BCUT2D eigenvalue weighted by atomic mass is 10.1. The van der Waals surface area contributed by atoms with Gasteiger partial charge in [-0.3, -0.25) is 15.1 Å². The molecule has 0 bridgehead atoms. The minimum Gasteiger partial charge on any atom is -0.377 e. The summed E-state index contributed by atoms with van der Waals surface area (Å²) in [6.45, 7) is 0.544. The van der Waals surface area contributed by atoms with Crippen molar-refractivity contribution in [1.29, 1.82) is 0 Å². The number of pyridine rings is 1. The molecule has 0 unspecified atom stereocenters. The summed E-state index contributed by atoms with van der Waals surface area (Å²) in [5.41, 5.74) is 2.39. The van der Waals surface area contributed by atoms with Gasteiger partial charge in [0.2, 0.25) is 0 Å². The van der Waals surface area contributed by atoms with Gasteiger partial charge in [-0.1, -0.05) is 12.1 Å². The van der Waals surface area contributed by atoms with Crippen molar-refractivity contribution in [2.24, 2.45) is 0 Å². The maximum absolute atomic E-state index is 11.2. The molecule has 0 spiro atoms. The topological polar surface area (TPSA) is 81.0 Å². The molecular formula is C17H12N4O2S. The molecule has 24 heavy (non-hydrogen) atoms. The number of benzene rings is 2. The molecule has 7 heteroatoms. The molecule has 6 nitrogen and oxygen atoms in total. The SMILES string of the molecule is O=[N+]([O-])c1ccc(NCc2nc3ccccc3s2)c2ncccc12. The maximum atomic E-state index is 11.2. The van der Waals surface area contributed by atoms with Crippen LogP contribution in [0.25, 0.3) is 21.1 Å². The first kappa shape index (κ1) is 14.5. The van der Waals surface area contributed by atoms with Crippen LogP contribution in [0, 0.1) is 10.1 Å². The number of rotatable bonds is 4. The maximum Gasteiger partial charge on any atom is 0.278 e. The number of fused-ring (bicyclic) bond motifs is 2. The number of anilines is 1. The van der Waals surface area contributed by atoms with Gasteiger partial charge in [0.15, 0.2) is 0 Å². The third kappa shape index (κ3) is 2.55. The number of hydrogen-bond acceptors (Lipinski definition) is 6. The van der Waals surface area contributed by atoms with Gasteiger partial charge in [0.1, 0.15) is 10.5 Å². The van der Waals surface area contributed by atoms with Crippen molar-refractivity contribution in [3.05, 3.63) is 69.8 Å². The van der Waals surface area contributed by atoms with E-state index in [2.05, 4.69) is 15.3 Å². The van der Waals surface area contributed by atoms with Crippen LogP contribution in [-0.4, -0.2) is 14.9 Å². The first-order valence-electron chi connectivity index (χ1n) is 7.33. The molecule has 118 valence electrons. The number of nitrogens with zero attached hydrogens (tertiary/aromatic N) is 3. The largest absolute Gasteiger partial charge is 0.377 e. The average molecular weight is 336 g/mol. The van der Waals surface area contributed by atoms with Gasteiger partial charge in [0.05, 0.1) is 32.8 Å². The molecule has 0 atom stereocenters. The third-order valence-electron chi connectivity index (χ3n) is 3.71. The second kappa shape index (κ2) is 5.86. The number of hydrogen-bond donors (Lipinski definition) is 1. The molecule has 2 heterocycles. The predicted octanol–water partition coefficient (Wildman–Crippen LogP) is 4.36. The second-order valence-electron chi connectivity index (χ2n) is 5.22. The highest BCUT2D eigenvalue weighted by molar-refractivity contribution is 7.18. The summed E-state index contributed by atoms with van der Waals surface area (Å²) < 4.78 is 1.14. The van der Waals surface area contributed by atoms with Gasteiger partial charge in [-0.05, 0) is 30.3 Å². The van der Waals surface area contributed by atoms with Crippen molar-refractivity contribution in [1.82, 2.24) is 9.97 Å². The molecule has 0 aliphatic carbocycles. The minimum atomic E-state index is -0.388. The highest BCUT2D eigenvalue weighted by atomic mass is 32.1. The summed E-state index contributed by atoms with van der Waals surface area (Å²) in [6, 6.07) is 14.6. The number of para-hydroxylation sites is 1. The molecular weight excluding hydrogens is 324 g/mol. The molecule has 1 N–H and O–H groups in total. The molecule has 0 saturated heterocycles. The van der Waals surface area contributed by atoms with E-state index in [1.54, 1.807) is 35.7 Å². The van der Waals surface area contributed by atoms with Gasteiger partial charge >= 0.3 is 0 Å². The molecule has 4 aromatic rings. The summed E-state index contributed by atoms with van der Waals surface area (Å²) >= 11 is 1.63. The van der Waals surface area contributed by atoms with Gasteiger partial charge in [-0.25, -0.2) is 4.98 Å². The first-order chi connectivity index (χ1) is 11.7. The van der Waals surface area contributed by atoms with Crippen LogP contribution >= 0.6 is 11.3 Å². The van der Waals surface area contributed by atoms with E-state index in [-0.39, 0.29) is 10.6 Å². The van der Waals surface area contributed by atoms with Gasteiger partial charge in [0.25, 0.3) is 5.69 Å². The van der Waals surface area contributed by atoms with E-state index in [4.69, 9.17) is 0 Å². The summed E-state index contributed by atoms with van der Waals surface area (Å²) in [7, 11) is 0. The van der Waals surface area contributed by atoms with E-state index >= 15 is 0 Å². The summed E-state index contributed by atoms with van der Waals surface area (Å²) in [5.74, 6) is 0. The summed E-state index contributed by atoms with van der Waals surface area (Å²) in [5, 5.41) is 15.9. The number of aromatic nitrogens is 2. The van der Waals surface area contributed by atoms with Gasteiger partial charge in [-0.2, -0.15) is 0 Å². The van der Waals surface area contributed by atoms with Crippen molar-refractivity contribution in [3.8, 4) is 0 Å². The van der Waals surface area contributed by atoms with Crippen LogP contribution in [0.2, 0.25) is 0 Å². The highest BCUT2D eigenvalue weighted by Crippen LogP contribution is 2.30. The fraction of sp³-hybridized carbons (Fsp3) is 0.0588. The van der Waals surface area contributed by atoms with E-state index in [9.17, 15) is 10.1 Å². The van der Waals surface area contributed by atoms with Crippen molar-refractivity contribution in [3.63, 3.8) is 0 Å².